The first-order valence-corrected chi connectivity index (χ1v) is 12.3. The topological polar surface area (TPSA) is 79.0 Å². The molecule has 3 aliphatic heterocycles. The van der Waals surface area contributed by atoms with Gasteiger partial charge < -0.3 is 15.0 Å². The van der Waals surface area contributed by atoms with Crippen LogP contribution in [0.15, 0.2) is 54.7 Å². The Labute approximate surface area is 205 Å². The maximum Gasteiger partial charge on any atom is 0.255 e. The largest absolute Gasteiger partial charge is 0.379 e. The van der Waals surface area contributed by atoms with Crippen molar-refractivity contribution in [3.63, 3.8) is 0 Å². The van der Waals surface area contributed by atoms with Gasteiger partial charge in [0.05, 0.1) is 13.2 Å². The molecule has 1 atom stereocenters. The van der Waals surface area contributed by atoms with Crippen molar-refractivity contribution in [2.45, 2.75) is 44.8 Å². The van der Waals surface area contributed by atoms with Crippen LogP contribution in [0.25, 0.3) is 0 Å². The number of allylic oxidation sites excluding steroid dienone is 1. The smallest absolute Gasteiger partial charge is 0.255 e. The van der Waals surface area contributed by atoms with E-state index in [9.17, 15) is 14.4 Å². The van der Waals surface area contributed by atoms with Gasteiger partial charge in [0.25, 0.3) is 5.91 Å². The van der Waals surface area contributed by atoms with Crippen molar-refractivity contribution in [1.82, 2.24) is 15.1 Å². The lowest BCUT2D eigenvalue weighted by molar-refractivity contribution is -0.126. The molecular formula is C28H31N3O4. The van der Waals surface area contributed by atoms with Crippen molar-refractivity contribution in [3.8, 4) is 0 Å². The highest BCUT2D eigenvalue weighted by molar-refractivity contribution is 6.01. The van der Waals surface area contributed by atoms with Crippen LogP contribution in [0, 0.1) is 0 Å². The van der Waals surface area contributed by atoms with E-state index in [0.29, 0.717) is 43.5 Å². The minimum atomic E-state index is -0.463. The van der Waals surface area contributed by atoms with Gasteiger partial charge >= 0.3 is 0 Å². The maximum atomic E-state index is 12.9. The Morgan fingerprint density at radius 2 is 1.91 bits per heavy atom. The molecule has 0 radical (unpaired) electrons. The summed E-state index contributed by atoms with van der Waals surface area (Å²) in [6.07, 6.45) is 2.29. The van der Waals surface area contributed by atoms with Crippen LogP contribution in [0.2, 0.25) is 0 Å². The molecule has 3 heterocycles. The number of aryl methyl sites for hydroxylation is 1. The molecule has 182 valence electrons. The summed E-state index contributed by atoms with van der Waals surface area (Å²) in [7, 11) is 0. The maximum absolute atomic E-state index is 12.9. The summed E-state index contributed by atoms with van der Waals surface area (Å²) >= 11 is 0. The Morgan fingerprint density at radius 3 is 2.71 bits per heavy atom. The van der Waals surface area contributed by atoms with Crippen molar-refractivity contribution >= 4 is 17.6 Å². The van der Waals surface area contributed by atoms with Gasteiger partial charge in [-0.05, 0) is 48.1 Å². The predicted molar refractivity (Wildman–Crippen MR) is 132 cm³/mol. The third-order valence-corrected chi connectivity index (χ3v) is 7.10. The zero-order chi connectivity index (χ0) is 24.4. The highest BCUT2D eigenvalue weighted by Crippen LogP contribution is 2.29. The fourth-order valence-electron chi connectivity index (χ4n) is 5.13. The van der Waals surface area contributed by atoms with Gasteiger partial charge in [-0.2, -0.15) is 0 Å². The van der Waals surface area contributed by atoms with Gasteiger partial charge in [0.2, 0.25) is 5.91 Å². The zero-order valence-corrected chi connectivity index (χ0v) is 19.9. The minimum absolute atomic E-state index is 0.104. The third kappa shape index (κ3) is 5.21. The van der Waals surface area contributed by atoms with Gasteiger partial charge in [-0.3, -0.25) is 19.3 Å². The van der Waals surface area contributed by atoms with Crippen molar-refractivity contribution in [1.29, 1.82) is 0 Å². The van der Waals surface area contributed by atoms with Gasteiger partial charge in [-0.15, -0.1) is 0 Å². The number of fused-ring (bicyclic) bond motifs is 1. The Balaban J connectivity index is 1.20. The summed E-state index contributed by atoms with van der Waals surface area (Å²) in [5.41, 5.74) is 5.18. The zero-order valence-electron chi connectivity index (χ0n) is 19.9. The number of ketones is 1. The van der Waals surface area contributed by atoms with E-state index in [2.05, 4.69) is 22.9 Å². The Hall–Kier alpha value is -3.29. The fraction of sp³-hybridized carbons (Fsp3) is 0.393. The Bertz CT molecular complexity index is 1170. The minimum Gasteiger partial charge on any atom is -0.379 e. The molecule has 1 N–H and O–H groups in total. The third-order valence-electron chi connectivity index (χ3n) is 7.10. The molecule has 7 nitrogen and oxygen atoms in total. The number of carbonyl (C=O) groups is 3. The second-order valence-electron chi connectivity index (χ2n) is 9.58. The molecule has 0 bridgehead atoms. The first kappa shape index (κ1) is 23.5. The van der Waals surface area contributed by atoms with Gasteiger partial charge in [0.1, 0.15) is 6.04 Å². The second kappa shape index (κ2) is 10.1. The summed E-state index contributed by atoms with van der Waals surface area (Å²) < 4.78 is 5.41. The van der Waals surface area contributed by atoms with Crippen LogP contribution < -0.4 is 5.32 Å². The van der Waals surface area contributed by atoms with Crippen molar-refractivity contribution in [2.75, 3.05) is 26.3 Å². The summed E-state index contributed by atoms with van der Waals surface area (Å²) in [4.78, 5) is 42.2. The number of ether oxygens (including phenoxy) is 1. The summed E-state index contributed by atoms with van der Waals surface area (Å²) in [6.45, 7) is 8.40. The molecule has 2 amide bonds. The van der Waals surface area contributed by atoms with Gasteiger partial charge in [0.15, 0.2) is 5.78 Å². The van der Waals surface area contributed by atoms with E-state index in [0.717, 1.165) is 55.1 Å². The van der Waals surface area contributed by atoms with Gasteiger partial charge in [-0.1, -0.05) is 36.9 Å². The molecule has 2 aromatic carbocycles. The van der Waals surface area contributed by atoms with E-state index >= 15 is 0 Å². The highest BCUT2D eigenvalue weighted by Gasteiger charge is 2.38. The lowest BCUT2D eigenvalue weighted by atomic mass is 9.99. The highest BCUT2D eigenvalue weighted by atomic mass is 16.5. The molecule has 0 saturated carbocycles. The van der Waals surface area contributed by atoms with E-state index in [-0.39, 0.29) is 17.6 Å². The molecule has 2 saturated heterocycles. The summed E-state index contributed by atoms with van der Waals surface area (Å²) in [5, 5.41) is 2.77. The van der Waals surface area contributed by atoms with Crippen molar-refractivity contribution in [2.24, 2.45) is 0 Å². The molecule has 1 unspecified atom stereocenters. The number of hydrogen-bond acceptors (Lipinski definition) is 5. The summed E-state index contributed by atoms with van der Waals surface area (Å²) in [6, 6.07) is 13.2. The van der Waals surface area contributed by atoms with Gasteiger partial charge in [0, 0.05) is 49.4 Å². The van der Waals surface area contributed by atoms with E-state index in [1.165, 1.54) is 0 Å². The first-order chi connectivity index (χ1) is 17.0. The molecule has 0 aliphatic carbocycles. The van der Waals surface area contributed by atoms with Crippen molar-refractivity contribution in [3.05, 3.63) is 82.6 Å². The second-order valence-corrected chi connectivity index (χ2v) is 9.58. The molecule has 5 rings (SSSR count). The molecule has 7 heteroatoms. The van der Waals surface area contributed by atoms with Crippen LogP contribution in [-0.4, -0.2) is 59.7 Å². The van der Waals surface area contributed by atoms with Gasteiger partial charge in [-0.25, -0.2) is 0 Å². The molecule has 35 heavy (non-hydrogen) atoms. The molecular weight excluding hydrogens is 442 g/mol. The van der Waals surface area contributed by atoms with E-state index in [1.807, 2.05) is 36.4 Å². The first-order valence-electron chi connectivity index (χ1n) is 12.3. The lowest BCUT2D eigenvalue weighted by Crippen LogP contribution is -2.49. The molecule has 2 aromatic rings. The van der Waals surface area contributed by atoms with Crippen LogP contribution >= 0.6 is 0 Å². The number of piperidine rings is 1. The normalized spacial score (nSPS) is 20.6. The lowest BCUT2D eigenvalue weighted by Gasteiger charge is -2.30. The number of benzene rings is 2. The number of rotatable bonds is 7. The molecule has 0 spiro atoms. The fourth-order valence-corrected chi connectivity index (χ4v) is 5.13. The van der Waals surface area contributed by atoms with Crippen LogP contribution in [0.4, 0.5) is 0 Å². The van der Waals surface area contributed by atoms with Crippen LogP contribution in [0.3, 0.4) is 0 Å². The van der Waals surface area contributed by atoms with Crippen molar-refractivity contribution < 1.29 is 19.1 Å². The summed E-state index contributed by atoms with van der Waals surface area (Å²) in [5.74, 6) is -0.150. The van der Waals surface area contributed by atoms with Crippen LogP contribution in [0.1, 0.15) is 56.7 Å². The molecule has 2 fully saturated rings. The number of carbonyl (C=O) groups excluding carboxylic acids is 3. The quantitative estimate of drug-likeness (QED) is 0.626. The average molecular weight is 474 g/mol. The number of morpholine rings is 1. The number of nitrogens with one attached hydrogen (secondary N) is 1. The molecule has 3 aliphatic rings. The SMILES string of the molecule is C=C1CCC(N2Cc3cc(CCC(=O)c4cccc(CN5CCOCC5)c4)ccc3C2=O)C(=O)N1. The number of hydrogen-bond donors (Lipinski definition) is 1. The van der Waals surface area contributed by atoms with Crippen LogP contribution in [0.5, 0.6) is 0 Å². The number of Topliss-reactive ketones (excluding diaryl/α,β-unsaturated/α-hetero) is 1. The molecule has 0 aromatic heterocycles. The Morgan fingerprint density at radius 1 is 1.09 bits per heavy atom. The average Bonchev–Trinajstić information content (AvgIpc) is 3.18. The number of amides is 2. The van der Waals surface area contributed by atoms with E-state index in [1.54, 1.807) is 4.90 Å². The number of nitrogens with zero attached hydrogens (tertiary/aromatic N) is 2. The standard InChI is InChI=1S/C28H31N3O4/c1-19-5-9-25(27(33)29-19)31-18-23-15-20(6-8-24(23)28(31)34)7-10-26(32)22-4-2-3-21(16-22)17-30-11-13-35-14-12-30/h2-4,6,8,15-16,25H,1,5,7,9-14,17-18H2,(H,29,33). The predicted octanol–water partition coefficient (Wildman–Crippen LogP) is 3.08. The Kier molecular flexibility index (Phi) is 6.79. The van der Waals surface area contributed by atoms with E-state index < -0.39 is 6.04 Å². The van der Waals surface area contributed by atoms with E-state index in [4.69, 9.17) is 4.74 Å². The van der Waals surface area contributed by atoms with Crippen LogP contribution in [-0.2, 0) is 29.0 Å². The monoisotopic (exact) mass is 473 g/mol.